The first-order valence-corrected chi connectivity index (χ1v) is 9.94. The van der Waals surface area contributed by atoms with Gasteiger partial charge in [-0.1, -0.05) is 29.8 Å². The van der Waals surface area contributed by atoms with Crippen LogP contribution in [0.3, 0.4) is 0 Å². The number of aliphatic hydroxyl groups excluding tert-OH is 1. The molecule has 0 spiro atoms. The number of imidazole rings is 1. The lowest BCUT2D eigenvalue weighted by atomic mass is 9.87. The van der Waals surface area contributed by atoms with Crippen LogP contribution in [0.4, 0.5) is 13.2 Å². The number of benzene rings is 1. The van der Waals surface area contributed by atoms with Crippen molar-refractivity contribution in [2.75, 3.05) is 26.4 Å². The molecule has 3 aromatic rings. The van der Waals surface area contributed by atoms with Gasteiger partial charge in [0.2, 0.25) is 5.82 Å². The van der Waals surface area contributed by atoms with Crippen molar-refractivity contribution < 1.29 is 37.7 Å². The highest BCUT2D eigenvalue weighted by Crippen LogP contribution is 2.28. The fourth-order valence-corrected chi connectivity index (χ4v) is 3.22. The van der Waals surface area contributed by atoms with Crippen LogP contribution in [-0.2, 0) is 9.53 Å². The monoisotopic (exact) mass is 485 g/mol. The summed E-state index contributed by atoms with van der Waals surface area (Å²) in [7, 11) is 0. The number of carbonyl (C=O) groups is 2. The Labute approximate surface area is 190 Å². The molecule has 0 radical (unpaired) electrons. The molecule has 2 aromatic heterocycles. The van der Waals surface area contributed by atoms with Crippen LogP contribution in [0, 0.1) is 5.41 Å². The van der Waals surface area contributed by atoms with Crippen molar-refractivity contribution in [3.8, 4) is 11.3 Å². The molecule has 1 amide bonds. The topological polar surface area (TPSA) is 113 Å². The van der Waals surface area contributed by atoms with Crippen molar-refractivity contribution in [3.63, 3.8) is 0 Å². The highest BCUT2D eigenvalue weighted by Gasteiger charge is 2.39. The third kappa shape index (κ3) is 5.62. The number of aliphatic hydroxyl groups is 1. The van der Waals surface area contributed by atoms with Gasteiger partial charge in [0, 0.05) is 23.3 Å². The largest absolute Gasteiger partial charge is 0.490 e. The molecule has 0 saturated carbocycles. The molecule has 3 N–H and O–H groups in total. The SMILES string of the molecule is O=C(NCC1(CO)COC1)c1nc(-c2cccc(Cl)c2)c2ccccn12.O=C(O)C(F)(F)F. The highest BCUT2D eigenvalue weighted by atomic mass is 35.5. The maximum absolute atomic E-state index is 12.7. The smallest absolute Gasteiger partial charge is 0.475 e. The van der Waals surface area contributed by atoms with Crippen LogP contribution < -0.4 is 5.32 Å². The summed E-state index contributed by atoms with van der Waals surface area (Å²) in [4.78, 5) is 26.2. The van der Waals surface area contributed by atoms with E-state index in [1.54, 1.807) is 16.7 Å². The molecule has 33 heavy (non-hydrogen) atoms. The van der Waals surface area contributed by atoms with E-state index in [2.05, 4.69) is 10.3 Å². The zero-order valence-electron chi connectivity index (χ0n) is 17.0. The highest BCUT2D eigenvalue weighted by molar-refractivity contribution is 6.30. The molecule has 0 atom stereocenters. The first kappa shape index (κ1) is 24.5. The van der Waals surface area contributed by atoms with Crippen LogP contribution in [-0.4, -0.2) is 64.0 Å². The molecular formula is C21H19ClF3N3O5. The molecule has 4 rings (SSSR count). The van der Waals surface area contributed by atoms with Gasteiger partial charge >= 0.3 is 12.1 Å². The van der Waals surface area contributed by atoms with Gasteiger partial charge in [0.1, 0.15) is 0 Å². The second-order valence-electron chi connectivity index (χ2n) is 7.39. The van der Waals surface area contributed by atoms with Crippen LogP contribution in [0.15, 0.2) is 48.7 Å². The fraction of sp³-hybridized carbons (Fsp3) is 0.286. The summed E-state index contributed by atoms with van der Waals surface area (Å²) in [5.74, 6) is -2.75. The molecule has 8 nitrogen and oxygen atoms in total. The number of hydrogen-bond donors (Lipinski definition) is 3. The number of rotatable bonds is 5. The average molecular weight is 486 g/mol. The van der Waals surface area contributed by atoms with Gasteiger partial charge in [-0.3, -0.25) is 9.20 Å². The van der Waals surface area contributed by atoms with Gasteiger partial charge in [0.05, 0.1) is 36.4 Å². The van der Waals surface area contributed by atoms with Gasteiger partial charge < -0.3 is 20.3 Å². The Hall–Kier alpha value is -3.15. The van der Waals surface area contributed by atoms with E-state index in [1.807, 2.05) is 36.4 Å². The number of aromatic nitrogens is 2. The quantitative estimate of drug-likeness (QED) is 0.512. The van der Waals surface area contributed by atoms with E-state index < -0.39 is 17.6 Å². The number of halogens is 4. The van der Waals surface area contributed by atoms with E-state index in [1.165, 1.54) is 0 Å². The minimum absolute atomic E-state index is 0.0244. The van der Waals surface area contributed by atoms with Gasteiger partial charge in [-0.15, -0.1) is 0 Å². The number of amides is 1. The summed E-state index contributed by atoms with van der Waals surface area (Å²) >= 11 is 6.10. The first-order valence-electron chi connectivity index (χ1n) is 9.56. The van der Waals surface area contributed by atoms with Gasteiger partial charge in [0.25, 0.3) is 5.91 Å². The van der Waals surface area contributed by atoms with E-state index in [0.29, 0.717) is 36.3 Å². The molecule has 3 heterocycles. The van der Waals surface area contributed by atoms with E-state index in [0.717, 1.165) is 11.1 Å². The number of alkyl halides is 3. The molecule has 1 aliphatic heterocycles. The van der Waals surface area contributed by atoms with Crippen molar-refractivity contribution in [1.29, 1.82) is 0 Å². The van der Waals surface area contributed by atoms with Gasteiger partial charge in [0.15, 0.2) is 0 Å². The number of aliphatic carboxylic acids is 1. The van der Waals surface area contributed by atoms with Crippen LogP contribution >= 0.6 is 11.6 Å². The Bertz CT molecular complexity index is 1160. The van der Waals surface area contributed by atoms with Crippen molar-refractivity contribution in [2.45, 2.75) is 6.18 Å². The summed E-state index contributed by atoms with van der Waals surface area (Å²) in [6, 6.07) is 13.1. The molecule has 1 aromatic carbocycles. The number of ether oxygens (including phenoxy) is 1. The number of carbonyl (C=O) groups excluding carboxylic acids is 1. The number of carboxylic acids is 1. The van der Waals surface area contributed by atoms with Crippen LogP contribution in [0.1, 0.15) is 10.6 Å². The first-order chi connectivity index (χ1) is 15.6. The van der Waals surface area contributed by atoms with Crippen molar-refractivity contribution >= 4 is 29.0 Å². The summed E-state index contributed by atoms with van der Waals surface area (Å²) in [6.07, 6.45) is -3.28. The number of nitrogens with zero attached hydrogens (tertiary/aromatic N) is 2. The van der Waals surface area contributed by atoms with Crippen LogP contribution in [0.25, 0.3) is 16.8 Å². The second kappa shape index (κ2) is 9.77. The molecule has 0 aliphatic carbocycles. The maximum atomic E-state index is 12.7. The second-order valence-corrected chi connectivity index (χ2v) is 7.82. The Kier molecular flexibility index (Phi) is 7.25. The Balaban J connectivity index is 0.000000383. The van der Waals surface area contributed by atoms with E-state index in [9.17, 15) is 23.1 Å². The summed E-state index contributed by atoms with van der Waals surface area (Å²) < 4.78 is 38.7. The normalized spacial score (nSPS) is 14.7. The average Bonchev–Trinajstić information content (AvgIpc) is 3.13. The summed E-state index contributed by atoms with van der Waals surface area (Å²) in [5.41, 5.74) is 1.98. The number of pyridine rings is 1. The third-order valence-electron chi connectivity index (χ3n) is 4.87. The maximum Gasteiger partial charge on any atom is 0.490 e. The molecule has 1 aliphatic rings. The lowest BCUT2D eigenvalue weighted by molar-refractivity contribution is -0.192. The van der Waals surface area contributed by atoms with E-state index in [-0.39, 0.29) is 12.5 Å². The standard InChI is InChI=1S/C19H18ClN3O3.C2HF3O2/c20-14-5-3-4-13(8-14)16-15-6-1-2-7-23(15)17(22-16)18(25)21-9-19(10-24)11-26-12-19;3-2(4,5)1(6)7/h1-8,24H,9-12H2,(H,21,25);(H,6,7). The zero-order valence-corrected chi connectivity index (χ0v) is 17.7. The summed E-state index contributed by atoms with van der Waals surface area (Å²) in [6.45, 7) is 1.21. The van der Waals surface area contributed by atoms with Crippen molar-refractivity contribution in [1.82, 2.24) is 14.7 Å². The zero-order chi connectivity index (χ0) is 24.2. The molecule has 0 bridgehead atoms. The minimum atomic E-state index is -5.08. The summed E-state index contributed by atoms with van der Waals surface area (Å²) in [5, 5.41) is 20.1. The number of carboxylic acid groups (broad SMARTS) is 1. The lowest BCUT2D eigenvalue weighted by Gasteiger charge is -2.39. The van der Waals surface area contributed by atoms with E-state index >= 15 is 0 Å². The number of fused-ring (bicyclic) bond motifs is 1. The third-order valence-corrected chi connectivity index (χ3v) is 5.10. The van der Waals surface area contributed by atoms with Gasteiger partial charge in [-0.05, 0) is 24.3 Å². The number of hydrogen-bond acceptors (Lipinski definition) is 5. The molecule has 176 valence electrons. The van der Waals surface area contributed by atoms with Crippen molar-refractivity contribution in [2.24, 2.45) is 5.41 Å². The minimum Gasteiger partial charge on any atom is -0.475 e. The Morgan fingerprint density at radius 3 is 2.45 bits per heavy atom. The van der Waals surface area contributed by atoms with Crippen LogP contribution in [0.5, 0.6) is 0 Å². The van der Waals surface area contributed by atoms with Gasteiger partial charge in [-0.25, -0.2) is 9.78 Å². The molecular weight excluding hydrogens is 467 g/mol. The molecule has 0 unspecified atom stereocenters. The molecule has 12 heteroatoms. The van der Waals surface area contributed by atoms with Crippen molar-refractivity contribution in [3.05, 3.63) is 59.5 Å². The number of nitrogens with one attached hydrogen (secondary N) is 1. The molecule has 1 fully saturated rings. The van der Waals surface area contributed by atoms with E-state index in [4.69, 9.17) is 26.2 Å². The Morgan fingerprint density at radius 1 is 1.21 bits per heavy atom. The Morgan fingerprint density at radius 2 is 1.91 bits per heavy atom. The predicted octanol–water partition coefficient (Wildman–Crippen LogP) is 3.03. The van der Waals surface area contributed by atoms with Gasteiger partial charge in [-0.2, -0.15) is 13.2 Å². The predicted molar refractivity (Wildman–Crippen MR) is 112 cm³/mol. The lowest BCUT2D eigenvalue weighted by Crippen LogP contribution is -2.53. The molecule has 1 saturated heterocycles. The fourth-order valence-electron chi connectivity index (χ4n) is 3.03. The van der Waals surface area contributed by atoms with Crippen LogP contribution in [0.2, 0.25) is 5.02 Å².